The van der Waals surface area contributed by atoms with Crippen LogP contribution in [0, 0.1) is 0 Å². The number of likely N-dealkylation sites (N-methyl/N-ethyl adjacent to an activating group) is 1. The van der Waals surface area contributed by atoms with E-state index in [9.17, 15) is 4.79 Å². The number of nitrogens with zero attached hydrogens (tertiary/aromatic N) is 5. The highest BCUT2D eigenvalue weighted by Gasteiger charge is 2.26. The summed E-state index contributed by atoms with van der Waals surface area (Å²) in [6.45, 7) is 1.57. The minimum absolute atomic E-state index is 0.0191. The molecule has 1 unspecified atom stereocenters. The average Bonchev–Trinajstić information content (AvgIpc) is 2.46. The van der Waals surface area contributed by atoms with Gasteiger partial charge in [0, 0.05) is 33.2 Å². The van der Waals surface area contributed by atoms with Crippen LogP contribution in [0.4, 0.5) is 5.82 Å². The minimum Gasteiger partial charge on any atom is -0.361 e. The van der Waals surface area contributed by atoms with Crippen LogP contribution in [0.2, 0.25) is 0 Å². The first kappa shape index (κ1) is 14.7. The molecule has 1 aromatic rings. The van der Waals surface area contributed by atoms with Gasteiger partial charge in [-0.1, -0.05) is 0 Å². The SMILES string of the molecule is CN(C)c1cnc(C(=O)N2CCCC(N(C)C)C2)cn1. The van der Waals surface area contributed by atoms with Crippen LogP contribution in [0.5, 0.6) is 0 Å². The summed E-state index contributed by atoms with van der Waals surface area (Å²) in [7, 11) is 7.92. The van der Waals surface area contributed by atoms with Crippen molar-refractivity contribution < 1.29 is 4.79 Å². The van der Waals surface area contributed by atoms with Crippen LogP contribution in [-0.2, 0) is 0 Å². The van der Waals surface area contributed by atoms with Gasteiger partial charge in [-0.3, -0.25) is 4.79 Å². The Kier molecular flexibility index (Phi) is 4.54. The van der Waals surface area contributed by atoms with E-state index < -0.39 is 0 Å². The molecule has 1 fully saturated rings. The molecule has 20 heavy (non-hydrogen) atoms. The maximum Gasteiger partial charge on any atom is 0.274 e. The van der Waals surface area contributed by atoms with Crippen molar-refractivity contribution >= 4 is 11.7 Å². The number of anilines is 1. The zero-order valence-corrected chi connectivity index (χ0v) is 12.7. The molecule has 2 heterocycles. The first-order valence-electron chi connectivity index (χ1n) is 6.94. The molecule has 6 nitrogen and oxygen atoms in total. The predicted octanol–water partition coefficient (Wildman–Crippen LogP) is 0.709. The molecule has 0 spiro atoms. The van der Waals surface area contributed by atoms with E-state index >= 15 is 0 Å². The smallest absolute Gasteiger partial charge is 0.274 e. The molecule has 0 bridgehead atoms. The number of aromatic nitrogens is 2. The van der Waals surface area contributed by atoms with Crippen molar-refractivity contribution in [3.63, 3.8) is 0 Å². The number of piperidine rings is 1. The van der Waals surface area contributed by atoms with Crippen LogP contribution in [0.3, 0.4) is 0 Å². The van der Waals surface area contributed by atoms with Crippen molar-refractivity contribution in [2.75, 3.05) is 46.2 Å². The van der Waals surface area contributed by atoms with E-state index in [0.717, 1.165) is 31.7 Å². The third kappa shape index (κ3) is 3.25. The number of carbonyl (C=O) groups is 1. The molecule has 1 aliphatic heterocycles. The maximum absolute atomic E-state index is 12.4. The molecular formula is C14H23N5O. The van der Waals surface area contributed by atoms with E-state index in [2.05, 4.69) is 29.0 Å². The second-order valence-corrected chi connectivity index (χ2v) is 5.67. The number of hydrogen-bond donors (Lipinski definition) is 0. The van der Waals surface area contributed by atoms with Crippen molar-refractivity contribution in [2.45, 2.75) is 18.9 Å². The summed E-state index contributed by atoms with van der Waals surface area (Å²) in [4.78, 5) is 26.9. The zero-order chi connectivity index (χ0) is 14.7. The second kappa shape index (κ2) is 6.17. The van der Waals surface area contributed by atoms with Crippen LogP contribution >= 0.6 is 0 Å². The lowest BCUT2D eigenvalue weighted by Gasteiger charge is -2.35. The molecule has 1 saturated heterocycles. The summed E-state index contributed by atoms with van der Waals surface area (Å²) in [5.74, 6) is 0.737. The molecule has 1 atom stereocenters. The molecule has 0 saturated carbocycles. The van der Waals surface area contributed by atoms with E-state index in [-0.39, 0.29) is 5.91 Å². The highest BCUT2D eigenvalue weighted by atomic mass is 16.2. The summed E-state index contributed by atoms with van der Waals surface area (Å²) in [6, 6.07) is 0.432. The monoisotopic (exact) mass is 277 g/mol. The Balaban J connectivity index is 2.06. The minimum atomic E-state index is -0.0191. The molecule has 0 aromatic carbocycles. The van der Waals surface area contributed by atoms with E-state index in [1.165, 1.54) is 0 Å². The summed E-state index contributed by atoms with van der Waals surface area (Å²) < 4.78 is 0. The van der Waals surface area contributed by atoms with Crippen molar-refractivity contribution in [1.82, 2.24) is 19.8 Å². The summed E-state index contributed by atoms with van der Waals surface area (Å²) >= 11 is 0. The number of hydrogen-bond acceptors (Lipinski definition) is 5. The van der Waals surface area contributed by atoms with Gasteiger partial charge in [-0.05, 0) is 26.9 Å². The highest BCUT2D eigenvalue weighted by Crippen LogP contribution is 2.16. The van der Waals surface area contributed by atoms with Crippen molar-refractivity contribution in [1.29, 1.82) is 0 Å². The average molecular weight is 277 g/mol. The molecule has 0 N–H and O–H groups in total. The fraction of sp³-hybridized carbons (Fsp3) is 0.643. The fourth-order valence-corrected chi connectivity index (χ4v) is 2.39. The van der Waals surface area contributed by atoms with Crippen molar-refractivity contribution in [3.05, 3.63) is 18.1 Å². The topological polar surface area (TPSA) is 52.6 Å². The highest BCUT2D eigenvalue weighted by molar-refractivity contribution is 5.92. The van der Waals surface area contributed by atoms with Gasteiger partial charge in [0.15, 0.2) is 0 Å². The Bertz CT molecular complexity index is 457. The lowest BCUT2D eigenvalue weighted by molar-refractivity contribution is 0.0629. The third-order valence-corrected chi connectivity index (χ3v) is 3.73. The molecule has 110 valence electrons. The van der Waals surface area contributed by atoms with Crippen molar-refractivity contribution in [3.8, 4) is 0 Å². The zero-order valence-electron chi connectivity index (χ0n) is 12.7. The summed E-state index contributed by atoms with van der Waals surface area (Å²) in [5, 5.41) is 0. The van der Waals surface area contributed by atoms with Gasteiger partial charge in [-0.2, -0.15) is 0 Å². The van der Waals surface area contributed by atoms with Gasteiger partial charge >= 0.3 is 0 Å². The Morgan fingerprint density at radius 3 is 2.55 bits per heavy atom. The van der Waals surface area contributed by atoms with Gasteiger partial charge in [-0.15, -0.1) is 0 Å². The predicted molar refractivity (Wildman–Crippen MR) is 79.0 cm³/mol. The van der Waals surface area contributed by atoms with Gasteiger partial charge < -0.3 is 14.7 Å². The first-order valence-corrected chi connectivity index (χ1v) is 6.94. The van der Waals surface area contributed by atoms with E-state index in [1.807, 2.05) is 23.9 Å². The molecular weight excluding hydrogens is 254 g/mol. The molecule has 1 aliphatic rings. The Morgan fingerprint density at radius 2 is 2.00 bits per heavy atom. The molecule has 6 heteroatoms. The third-order valence-electron chi connectivity index (χ3n) is 3.73. The van der Waals surface area contributed by atoms with E-state index in [4.69, 9.17) is 0 Å². The van der Waals surface area contributed by atoms with Crippen LogP contribution in [0.1, 0.15) is 23.3 Å². The van der Waals surface area contributed by atoms with Gasteiger partial charge in [0.05, 0.1) is 12.4 Å². The van der Waals surface area contributed by atoms with E-state index in [0.29, 0.717) is 11.7 Å². The van der Waals surface area contributed by atoms with Crippen molar-refractivity contribution in [2.24, 2.45) is 0 Å². The maximum atomic E-state index is 12.4. The Morgan fingerprint density at radius 1 is 1.25 bits per heavy atom. The standard InChI is InChI=1S/C14H23N5O/c1-17(2)11-6-5-7-19(10-11)14(20)12-8-16-13(9-15-12)18(3)4/h8-9,11H,5-7,10H2,1-4H3. The van der Waals surface area contributed by atoms with Crippen LogP contribution in [0.25, 0.3) is 0 Å². The fourth-order valence-electron chi connectivity index (χ4n) is 2.39. The largest absolute Gasteiger partial charge is 0.361 e. The molecule has 2 rings (SSSR count). The Labute approximate surface area is 120 Å². The molecule has 1 amide bonds. The summed E-state index contributed by atoms with van der Waals surface area (Å²) in [5.41, 5.74) is 0.426. The van der Waals surface area contributed by atoms with Gasteiger partial charge in [0.25, 0.3) is 5.91 Å². The lowest BCUT2D eigenvalue weighted by atomic mass is 10.0. The van der Waals surface area contributed by atoms with Crippen LogP contribution in [-0.4, -0.2) is 73.0 Å². The number of rotatable bonds is 3. The second-order valence-electron chi connectivity index (χ2n) is 5.67. The van der Waals surface area contributed by atoms with E-state index in [1.54, 1.807) is 12.4 Å². The number of amides is 1. The normalized spacial score (nSPS) is 19.2. The molecule has 0 aliphatic carbocycles. The molecule has 1 aromatic heterocycles. The van der Waals surface area contributed by atoms with Crippen LogP contribution in [0.15, 0.2) is 12.4 Å². The van der Waals surface area contributed by atoms with Gasteiger partial charge in [0.1, 0.15) is 11.5 Å². The van der Waals surface area contributed by atoms with Gasteiger partial charge in [-0.25, -0.2) is 9.97 Å². The number of likely N-dealkylation sites (tertiary alicyclic amines) is 1. The van der Waals surface area contributed by atoms with Gasteiger partial charge in [0.2, 0.25) is 0 Å². The van der Waals surface area contributed by atoms with Crippen LogP contribution < -0.4 is 4.90 Å². The number of carbonyl (C=O) groups excluding carboxylic acids is 1. The Hall–Kier alpha value is -1.69. The molecule has 0 radical (unpaired) electrons. The lowest BCUT2D eigenvalue weighted by Crippen LogP contribution is -2.47. The first-order chi connectivity index (χ1) is 9.49. The quantitative estimate of drug-likeness (QED) is 0.814. The summed E-state index contributed by atoms with van der Waals surface area (Å²) in [6.07, 6.45) is 5.39.